The number of hydrogen-bond acceptors (Lipinski definition) is 4. The molecule has 0 saturated heterocycles. The topological polar surface area (TPSA) is 37.8 Å². The molecule has 1 N–H and O–H groups in total. The van der Waals surface area contributed by atoms with E-state index in [1.165, 1.54) is 16.3 Å². The third-order valence-electron chi connectivity index (χ3n) is 4.18. The lowest BCUT2D eigenvalue weighted by atomic mass is 10.0. The average Bonchev–Trinajstić information content (AvgIpc) is 2.66. The van der Waals surface area contributed by atoms with Crippen LogP contribution in [0.15, 0.2) is 71.9 Å². The van der Waals surface area contributed by atoms with E-state index in [0.717, 1.165) is 34.2 Å². The molecule has 0 aliphatic carbocycles. The van der Waals surface area contributed by atoms with Gasteiger partial charge >= 0.3 is 0 Å². The Hall–Kier alpha value is -2.59. The molecule has 4 aromatic rings. The van der Waals surface area contributed by atoms with Crippen LogP contribution in [0.25, 0.3) is 21.7 Å². The van der Waals surface area contributed by atoms with Crippen LogP contribution in [-0.4, -0.2) is 15.7 Å². The van der Waals surface area contributed by atoms with Crippen LogP contribution >= 0.6 is 11.8 Å². The molecular weight excluding hydrogens is 326 g/mol. The van der Waals surface area contributed by atoms with Crippen molar-refractivity contribution < 1.29 is 0 Å². The van der Waals surface area contributed by atoms with Crippen LogP contribution in [0.1, 0.15) is 12.5 Å². The summed E-state index contributed by atoms with van der Waals surface area (Å²) < 4.78 is 0. The summed E-state index contributed by atoms with van der Waals surface area (Å²) >= 11 is 1.67. The molecule has 0 spiro atoms. The number of benzene rings is 3. The summed E-state index contributed by atoms with van der Waals surface area (Å²) in [5.74, 6) is 1.86. The molecule has 0 aliphatic rings. The van der Waals surface area contributed by atoms with Crippen LogP contribution in [0, 0.1) is 0 Å². The Morgan fingerprint density at radius 2 is 1.60 bits per heavy atom. The number of fused-ring (bicyclic) bond motifs is 2. The first-order chi connectivity index (χ1) is 12.3. The van der Waals surface area contributed by atoms with Gasteiger partial charge in [0.15, 0.2) is 5.16 Å². The number of hydrogen-bond donors (Lipinski definition) is 1. The Labute approximate surface area is 151 Å². The zero-order valence-corrected chi connectivity index (χ0v) is 14.9. The monoisotopic (exact) mass is 345 g/mol. The number of nitrogens with zero attached hydrogens (tertiary/aromatic N) is 2. The average molecular weight is 345 g/mol. The van der Waals surface area contributed by atoms with E-state index in [1.807, 2.05) is 18.2 Å². The fourth-order valence-corrected chi connectivity index (χ4v) is 3.59. The van der Waals surface area contributed by atoms with Crippen molar-refractivity contribution in [1.29, 1.82) is 0 Å². The molecule has 3 nitrogen and oxygen atoms in total. The molecule has 4 rings (SSSR count). The standard InChI is InChI=1S/C21H19N3S/c1-2-25-21-23-19-13-6-5-12-18(19)20(24-21)22-14-16-10-7-9-15-8-3-4-11-17(15)16/h3-13H,2,14H2,1H3,(H,22,23,24). The number of nitrogens with one attached hydrogen (secondary N) is 1. The largest absolute Gasteiger partial charge is 0.365 e. The molecule has 0 unspecified atom stereocenters. The van der Waals surface area contributed by atoms with Crippen LogP contribution in [0.4, 0.5) is 5.82 Å². The van der Waals surface area contributed by atoms with E-state index >= 15 is 0 Å². The zero-order valence-electron chi connectivity index (χ0n) is 14.1. The molecule has 1 aromatic heterocycles. The summed E-state index contributed by atoms with van der Waals surface area (Å²) in [4.78, 5) is 9.37. The third kappa shape index (κ3) is 3.30. The van der Waals surface area contributed by atoms with E-state index in [9.17, 15) is 0 Å². The van der Waals surface area contributed by atoms with Gasteiger partial charge in [0.25, 0.3) is 0 Å². The maximum atomic E-state index is 4.73. The minimum atomic E-state index is 0.735. The maximum absolute atomic E-state index is 4.73. The Bertz CT molecular complexity index is 1020. The van der Waals surface area contributed by atoms with Gasteiger partial charge in [-0.2, -0.15) is 0 Å². The van der Waals surface area contributed by atoms with Crippen molar-refractivity contribution >= 4 is 39.3 Å². The normalized spacial score (nSPS) is 11.1. The Morgan fingerprint density at radius 1 is 0.840 bits per heavy atom. The lowest BCUT2D eigenvalue weighted by Crippen LogP contribution is -2.04. The minimum Gasteiger partial charge on any atom is -0.365 e. The first-order valence-corrected chi connectivity index (χ1v) is 9.44. The van der Waals surface area contributed by atoms with Crippen molar-refractivity contribution in [3.05, 3.63) is 72.3 Å². The van der Waals surface area contributed by atoms with Gasteiger partial charge in [-0.1, -0.05) is 73.3 Å². The van der Waals surface area contributed by atoms with Crippen molar-refractivity contribution in [2.24, 2.45) is 0 Å². The van der Waals surface area contributed by atoms with Gasteiger partial charge in [-0.15, -0.1) is 0 Å². The van der Waals surface area contributed by atoms with E-state index < -0.39 is 0 Å². The van der Waals surface area contributed by atoms with E-state index in [4.69, 9.17) is 4.98 Å². The van der Waals surface area contributed by atoms with Crippen LogP contribution in [-0.2, 0) is 6.54 Å². The molecule has 1 heterocycles. The predicted molar refractivity (Wildman–Crippen MR) is 107 cm³/mol. The van der Waals surface area contributed by atoms with Gasteiger partial charge in [0.1, 0.15) is 5.82 Å². The summed E-state index contributed by atoms with van der Waals surface area (Å²) in [6.07, 6.45) is 0. The van der Waals surface area contributed by atoms with E-state index in [2.05, 4.69) is 65.8 Å². The Morgan fingerprint density at radius 3 is 2.48 bits per heavy atom. The fraction of sp³-hybridized carbons (Fsp3) is 0.143. The summed E-state index contributed by atoms with van der Waals surface area (Å²) in [5, 5.41) is 7.95. The van der Waals surface area contributed by atoms with Gasteiger partial charge in [0.2, 0.25) is 0 Å². The first kappa shape index (κ1) is 15.9. The zero-order chi connectivity index (χ0) is 17.1. The highest BCUT2D eigenvalue weighted by Gasteiger charge is 2.08. The van der Waals surface area contributed by atoms with Crippen LogP contribution in [0.3, 0.4) is 0 Å². The fourth-order valence-electron chi connectivity index (χ4n) is 3.01. The molecular formula is C21H19N3S. The molecule has 3 aromatic carbocycles. The number of rotatable bonds is 5. The van der Waals surface area contributed by atoms with E-state index in [1.54, 1.807) is 11.8 Å². The molecule has 0 bridgehead atoms. The van der Waals surface area contributed by atoms with Gasteiger partial charge in [-0.25, -0.2) is 9.97 Å². The lowest BCUT2D eigenvalue weighted by molar-refractivity contribution is 0.987. The highest BCUT2D eigenvalue weighted by atomic mass is 32.2. The highest BCUT2D eigenvalue weighted by molar-refractivity contribution is 7.99. The van der Waals surface area contributed by atoms with Crippen LogP contribution in [0.2, 0.25) is 0 Å². The van der Waals surface area contributed by atoms with Crippen molar-refractivity contribution in [1.82, 2.24) is 9.97 Å². The predicted octanol–water partition coefficient (Wildman–Crippen LogP) is 5.51. The highest BCUT2D eigenvalue weighted by Crippen LogP contribution is 2.25. The maximum Gasteiger partial charge on any atom is 0.190 e. The third-order valence-corrected chi connectivity index (χ3v) is 4.91. The second-order valence-electron chi connectivity index (χ2n) is 5.80. The number of para-hydroxylation sites is 1. The van der Waals surface area contributed by atoms with Crippen molar-refractivity contribution in [3.8, 4) is 0 Å². The summed E-state index contributed by atoms with van der Waals surface area (Å²) in [6.45, 7) is 2.85. The van der Waals surface area contributed by atoms with Crippen molar-refractivity contribution in [2.45, 2.75) is 18.6 Å². The lowest BCUT2D eigenvalue weighted by Gasteiger charge is -2.12. The molecule has 0 amide bonds. The summed E-state index contributed by atoms with van der Waals surface area (Å²) in [5.41, 5.74) is 2.25. The molecule has 124 valence electrons. The minimum absolute atomic E-state index is 0.735. The van der Waals surface area contributed by atoms with Crippen LogP contribution in [0.5, 0.6) is 0 Å². The SMILES string of the molecule is CCSc1nc(NCc2cccc3ccccc23)c2ccccc2n1. The quantitative estimate of drug-likeness (QED) is 0.382. The van der Waals surface area contributed by atoms with E-state index in [0.29, 0.717) is 0 Å². The molecule has 0 saturated carbocycles. The van der Waals surface area contributed by atoms with Gasteiger partial charge in [-0.3, -0.25) is 0 Å². The van der Waals surface area contributed by atoms with Crippen LogP contribution < -0.4 is 5.32 Å². The molecule has 0 atom stereocenters. The first-order valence-electron chi connectivity index (χ1n) is 8.45. The molecule has 0 fully saturated rings. The molecule has 25 heavy (non-hydrogen) atoms. The molecule has 4 heteroatoms. The number of aromatic nitrogens is 2. The van der Waals surface area contributed by atoms with E-state index in [-0.39, 0.29) is 0 Å². The van der Waals surface area contributed by atoms with Gasteiger partial charge < -0.3 is 5.32 Å². The smallest absolute Gasteiger partial charge is 0.190 e. The van der Waals surface area contributed by atoms with Crippen molar-refractivity contribution in [3.63, 3.8) is 0 Å². The number of thioether (sulfide) groups is 1. The summed E-state index contributed by atoms with van der Waals surface area (Å²) in [6, 6.07) is 23.1. The second-order valence-corrected chi connectivity index (χ2v) is 7.03. The van der Waals surface area contributed by atoms with Crippen molar-refractivity contribution in [2.75, 3.05) is 11.1 Å². The molecule has 0 aliphatic heterocycles. The Kier molecular flexibility index (Phi) is 4.53. The van der Waals surface area contributed by atoms with Gasteiger partial charge in [0, 0.05) is 11.9 Å². The molecule has 0 radical (unpaired) electrons. The summed E-state index contributed by atoms with van der Waals surface area (Å²) in [7, 11) is 0. The Balaban J connectivity index is 1.70. The van der Waals surface area contributed by atoms with Gasteiger partial charge in [-0.05, 0) is 34.2 Å². The second kappa shape index (κ2) is 7.11. The number of anilines is 1. The van der Waals surface area contributed by atoms with Gasteiger partial charge in [0.05, 0.1) is 5.52 Å².